The number of esters is 1. The Morgan fingerprint density at radius 3 is 2.58 bits per heavy atom. The fourth-order valence-electron chi connectivity index (χ4n) is 2.26. The van der Waals surface area contributed by atoms with Gasteiger partial charge in [-0.25, -0.2) is 4.79 Å². The van der Waals surface area contributed by atoms with Crippen LogP contribution in [0.5, 0.6) is 0 Å². The second-order valence-electron chi connectivity index (χ2n) is 4.70. The number of hydrogen-bond acceptors (Lipinski definition) is 5. The number of nitrogens with zero attached hydrogens (tertiary/aromatic N) is 1. The van der Waals surface area contributed by atoms with E-state index >= 15 is 0 Å². The fourth-order valence-corrected chi connectivity index (χ4v) is 6.30. The lowest BCUT2D eigenvalue weighted by Crippen LogP contribution is -2.73. The summed E-state index contributed by atoms with van der Waals surface area (Å²) in [7, 11) is -1.59. The Morgan fingerprint density at radius 2 is 2.08 bits per heavy atom. The number of nitrogens with one attached hydrogen (secondary N) is 1. The van der Waals surface area contributed by atoms with Crippen molar-refractivity contribution >= 4 is 95.7 Å². The monoisotopic (exact) mass is 544 g/mol. The van der Waals surface area contributed by atoms with Crippen LogP contribution in [0.3, 0.4) is 0 Å². The number of ether oxygens (including phenoxy) is 1. The van der Waals surface area contributed by atoms with Crippen molar-refractivity contribution in [1.82, 2.24) is 10.2 Å². The number of β-lactam (4-membered cyclic amide) rings is 1. The summed E-state index contributed by atoms with van der Waals surface area (Å²) in [5.74, 6) is -1.46. The highest BCUT2D eigenvalue weighted by Gasteiger charge is 2.59. The van der Waals surface area contributed by atoms with Gasteiger partial charge in [-0.05, 0) is 5.57 Å². The number of hydrogen-bond donors (Lipinski definition) is 1. The molecule has 0 radical (unpaired) electrons. The topological polar surface area (TPSA) is 92.8 Å². The standard InChI is InChI=1S/C11H9Br2Cl3N2O5S/c12-1-4-6(10(21)23-2-11(14,15)16)18-8(20)5(17-3-19)9(18)24(22)7(4)13/h3,5,7,9H,1-2H2,(H,17,19)/t5?,7?,9-,24?/m0/s1. The summed E-state index contributed by atoms with van der Waals surface area (Å²) in [6, 6.07) is -0.976. The van der Waals surface area contributed by atoms with Crippen LogP contribution in [0.4, 0.5) is 0 Å². The van der Waals surface area contributed by atoms with Gasteiger partial charge in [0.05, 0.1) is 10.8 Å². The maximum Gasteiger partial charge on any atom is 0.355 e. The molecule has 2 amide bonds. The third-order valence-electron chi connectivity index (χ3n) is 3.26. The number of alkyl halides is 5. The van der Waals surface area contributed by atoms with E-state index in [4.69, 9.17) is 39.5 Å². The van der Waals surface area contributed by atoms with Crippen molar-refractivity contribution in [1.29, 1.82) is 0 Å². The van der Waals surface area contributed by atoms with Gasteiger partial charge in [-0.2, -0.15) is 0 Å². The van der Waals surface area contributed by atoms with Gasteiger partial charge in [-0.15, -0.1) is 0 Å². The lowest BCUT2D eigenvalue weighted by molar-refractivity contribution is -0.152. The van der Waals surface area contributed by atoms with Crippen molar-refractivity contribution in [3.05, 3.63) is 11.3 Å². The molecule has 7 nitrogen and oxygen atoms in total. The lowest BCUT2D eigenvalue weighted by atomic mass is 10.0. The Bertz CT molecular complexity index is 642. The summed E-state index contributed by atoms with van der Waals surface area (Å²) >= 11 is 23.1. The van der Waals surface area contributed by atoms with Crippen LogP contribution in [0.25, 0.3) is 0 Å². The summed E-state index contributed by atoms with van der Waals surface area (Å²) in [6.07, 6.45) is 0.338. The molecule has 0 saturated carbocycles. The van der Waals surface area contributed by atoms with E-state index in [1.807, 2.05) is 0 Å². The number of rotatable bonds is 5. The second kappa shape index (κ2) is 7.79. The molecule has 0 aromatic heterocycles. The molecule has 0 aromatic rings. The zero-order chi connectivity index (χ0) is 18.2. The molecule has 0 aromatic carbocycles. The average Bonchev–Trinajstić information content (AvgIpc) is 2.51. The van der Waals surface area contributed by atoms with Crippen molar-refractivity contribution < 1.29 is 23.3 Å². The van der Waals surface area contributed by atoms with Gasteiger partial charge in [0.1, 0.15) is 27.9 Å². The quantitative estimate of drug-likeness (QED) is 0.243. The molecule has 134 valence electrons. The van der Waals surface area contributed by atoms with Crippen molar-refractivity contribution in [2.24, 2.45) is 0 Å². The molecule has 0 spiro atoms. The molecule has 1 fully saturated rings. The van der Waals surface area contributed by atoms with Crippen LogP contribution in [0.15, 0.2) is 11.3 Å². The summed E-state index contributed by atoms with van der Waals surface area (Å²) < 4.78 is 14.9. The minimum Gasteiger partial charge on any atom is -0.456 e. The number of halogens is 5. The van der Waals surface area contributed by atoms with E-state index in [2.05, 4.69) is 37.2 Å². The molecular weight excluding hydrogens is 538 g/mol. The Morgan fingerprint density at radius 1 is 1.46 bits per heavy atom. The smallest absolute Gasteiger partial charge is 0.355 e. The highest BCUT2D eigenvalue weighted by molar-refractivity contribution is 9.11. The zero-order valence-electron chi connectivity index (χ0n) is 11.5. The maximum absolute atomic E-state index is 12.5. The summed E-state index contributed by atoms with van der Waals surface area (Å²) in [4.78, 5) is 36.3. The van der Waals surface area contributed by atoms with Crippen molar-refractivity contribution in [2.75, 3.05) is 11.9 Å². The number of amides is 2. The molecule has 2 rings (SSSR count). The van der Waals surface area contributed by atoms with Gasteiger partial charge in [0.15, 0.2) is 0 Å². The maximum atomic E-state index is 12.5. The van der Waals surface area contributed by atoms with Gasteiger partial charge in [0, 0.05) is 5.33 Å². The van der Waals surface area contributed by atoms with Crippen LogP contribution in [0.2, 0.25) is 0 Å². The van der Waals surface area contributed by atoms with Crippen LogP contribution >= 0.6 is 66.7 Å². The minimum absolute atomic E-state index is 0.0819. The molecule has 13 heteroatoms. The van der Waals surface area contributed by atoms with Gasteiger partial charge in [0.2, 0.25) is 10.2 Å². The first kappa shape index (κ1) is 20.4. The SMILES string of the molecule is O=CNC1C(=O)N2C(C(=O)OCC(Cl)(Cl)Cl)=C(CBr)C(Br)S(=O)[C@@H]12. The second-order valence-corrected chi connectivity index (χ2v) is 10.9. The predicted octanol–water partition coefficient (Wildman–Crippen LogP) is 1.31. The van der Waals surface area contributed by atoms with Gasteiger partial charge in [0.25, 0.3) is 5.91 Å². The van der Waals surface area contributed by atoms with Crippen molar-refractivity contribution in [3.8, 4) is 0 Å². The van der Waals surface area contributed by atoms with Gasteiger partial charge < -0.3 is 10.1 Å². The molecule has 1 saturated heterocycles. The Labute approximate surface area is 171 Å². The van der Waals surface area contributed by atoms with E-state index in [-0.39, 0.29) is 11.0 Å². The van der Waals surface area contributed by atoms with Crippen LogP contribution in [0.1, 0.15) is 0 Å². The lowest BCUT2D eigenvalue weighted by Gasteiger charge is -2.50. The first-order valence-electron chi connectivity index (χ1n) is 6.23. The third kappa shape index (κ3) is 3.78. The van der Waals surface area contributed by atoms with E-state index in [0.717, 1.165) is 4.90 Å². The third-order valence-corrected chi connectivity index (χ3v) is 7.50. The molecule has 2 aliphatic heterocycles. The highest BCUT2D eigenvalue weighted by atomic mass is 79.9. The van der Waals surface area contributed by atoms with Crippen LogP contribution in [-0.2, 0) is 29.9 Å². The molecule has 2 aliphatic rings. The fraction of sp³-hybridized carbons (Fsp3) is 0.545. The highest BCUT2D eigenvalue weighted by Crippen LogP contribution is 2.41. The van der Waals surface area contributed by atoms with Crippen molar-refractivity contribution in [3.63, 3.8) is 0 Å². The number of carbonyl (C=O) groups excluding carboxylic acids is 3. The first-order chi connectivity index (χ1) is 11.1. The number of carbonyl (C=O) groups is 3. The van der Waals surface area contributed by atoms with Gasteiger partial charge in [-0.3, -0.25) is 18.7 Å². The van der Waals surface area contributed by atoms with E-state index in [9.17, 15) is 18.6 Å². The Hall–Kier alpha value is 0.130. The molecular formula is C11H9Br2Cl3N2O5S. The summed E-state index contributed by atoms with van der Waals surface area (Å²) in [6.45, 7) is -0.520. The molecule has 24 heavy (non-hydrogen) atoms. The van der Waals surface area contributed by atoms with E-state index in [1.165, 1.54) is 0 Å². The van der Waals surface area contributed by atoms with Crippen LogP contribution in [-0.4, -0.2) is 58.7 Å². The van der Waals surface area contributed by atoms with Crippen LogP contribution < -0.4 is 5.32 Å². The Balaban J connectivity index is 2.37. The molecule has 2 heterocycles. The molecule has 0 aliphatic carbocycles. The zero-order valence-corrected chi connectivity index (χ0v) is 17.8. The predicted molar refractivity (Wildman–Crippen MR) is 96.5 cm³/mol. The number of fused-ring (bicyclic) bond motifs is 1. The summed E-state index contributed by atoms with van der Waals surface area (Å²) in [5, 5.41) is 1.57. The molecule has 0 bridgehead atoms. The van der Waals surface area contributed by atoms with E-state index in [1.54, 1.807) is 0 Å². The average molecular weight is 547 g/mol. The van der Waals surface area contributed by atoms with Gasteiger partial charge >= 0.3 is 5.97 Å². The van der Waals surface area contributed by atoms with Crippen LogP contribution in [0, 0.1) is 0 Å². The first-order valence-corrected chi connectivity index (χ1v) is 10.7. The van der Waals surface area contributed by atoms with E-state index < -0.39 is 48.7 Å². The largest absolute Gasteiger partial charge is 0.456 e. The normalized spacial score (nSPS) is 29.7. The molecule has 3 unspecified atom stereocenters. The van der Waals surface area contributed by atoms with E-state index in [0.29, 0.717) is 12.0 Å². The molecule has 4 atom stereocenters. The Kier molecular flexibility index (Phi) is 6.64. The minimum atomic E-state index is -1.81. The van der Waals surface area contributed by atoms with Gasteiger partial charge in [-0.1, -0.05) is 66.7 Å². The molecule has 1 N–H and O–H groups in total. The van der Waals surface area contributed by atoms with Crippen molar-refractivity contribution in [2.45, 2.75) is 19.4 Å². The summed E-state index contributed by atoms with van der Waals surface area (Å²) in [5.41, 5.74) is 0.276.